The maximum absolute atomic E-state index is 12.9. The van der Waals surface area contributed by atoms with E-state index in [0.29, 0.717) is 13.0 Å². The summed E-state index contributed by atoms with van der Waals surface area (Å²) in [5, 5.41) is 50.4. The fraction of sp³-hybridized carbons (Fsp3) is 0.800. The number of unbranched alkanes of at least 4 members (excludes halogenated alkanes) is 24. The van der Waals surface area contributed by atoms with Crippen molar-refractivity contribution in [3.8, 4) is 0 Å². The Hall–Kier alpha value is -1.96. The summed E-state index contributed by atoms with van der Waals surface area (Å²) >= 11 is 0. The van der Waals surface area contributed by atoms with Crippen LogP contribution in [0.1, 0.15) is 219 Å². The van der Waals surface area contributed by atoms with Crippen molar-refractivity contribution in [2.24, 2.45) is 0 Å². The highest BCUT2D eigenvalue weighted by atomic mass is 31.2. The molecule has 1 aliphatic carbocycles. The number of aliphatic hydroxyl groups excluding tert-OH is 5. The van der Waals surface area contributed by atoms with Crippen LogP contribution in [0.5, 0.6) is 0 Å². The Morgan fingerprint density at radius 3 is 1.28 bits per heavy atom. The van der Waals surface area contributed by atoms with E-state index in [1.54, 1.807) is 0 Å². The summed E-state index contributed by atoms with van der Waals surface area (Å²) in [6, 6.07) is 0. The zero-order valence-corrected chi connectivity index (χ0v) is 43.5. The Bertz CT molecular complexity index is 1350. The molecule has 12 nitrogen and oxygen atoms in total. The molecule has 6 atom stereocenters. The molecule has 0 bridgehead atoms. The Labute approximate surface area is 413 Å². The average molecular weight is 983 g/mol. The van der Waals surface area contributed by atoms with Gasteiger partial charge in [-0.1, -0.05) is 190 Å². The minimum atomic E-state index is -5.03. The zero-order valence-electron chi connectivity index (χ0n) is 42.6. The van der Waals surface area contributed by atoms with Gasteiger partial charge < -0.3 is 39.9 Å². The predicted molar refractivity (Wildman–Crippen MR) is 276 cm³/mol. The number of aliphatic hydroxyl groups is 5. The first kappa shape index (κ1) is 64.1. The molecule has 0 radical (unpaired) electrons. The number of hydrogen-bond acceptors (Lipinski definition) is 11. The molecule has 0 saturated heterocycles. The average Bonchev–Trinajstić information content (AvgIpc) is 3.32. The normalized spacial score (nSPS) is 21.6. The van der Waals surface area contributed by atoms with Crippen LogP contribution < -0.4 is 0 Å². The summed E-state index contributed by atoms with van der Waals surface area (Å²) in [5.41, 5.74) is 0. The van der Waals surface area contributed by atoms with E-state index < -0.39 is 63.1 Å². The van der Waals surface area contributed by atoms with Gasteiger partial charge in [0.1, 0.15) is 42.7 Å². The Morgan fingerprint density at radius 2 is 0.824 bits per heavy atom. The molecule has 68 heavy (non-hydrogen) atoms. The van der Waals surface area contributed by atoms with E-state index >= 15 is 0 Å². The van der Waals surface area contributed by atoms with Crippen LogP contribution in [0.15, 0.2) is 60.8 Å². The number of rotatable bonds is 46. The molecule has 0 aliphatic heterocycles. The van der Waals surface area contributed by atoms with E-state index in [9.17, 15) is 39.8 Å². The summed E-state index contributed by atoms with van der Waals surface area (Å²) in [4.78, 5) is 23.3. The van der Waals surface area contributed by atoms with E-state index in [0.717, 1.165) is 83.5 Å². The highest BCUT2D eigenvalue weighted by molar-refractivity contribution is 7.47. The molecule has 0 aromatic carbocycles. The van der Waals surface area contributed by atoms with Gasteiger partial charge in [0.2, 0.25) is 0 Å². The van der Waals surface area contributed by atoms with Crippen LogP contribution >= 0.6 is 7.82 Å². The van der Waals surface area contributed by atoms with Gasteiger partial charge in [0.25, 0.3) is 0 Å². The summed E-state index contributed by atoms with van der Waals surface area (Å²) in [5.74, 6) is -0.487. The van der Waals surface area contributed by atoms with E-state index in [1.165, 1.54) is 109 Å². The van der Waals surface area contributed by atoms with Gasteiger partial charge in [-0.2, -0.15) is 0 Å². The van der Waals surface area contributed by atoms with Crippen LogP contribution in [0.25, 0.3) is 0 Å². The quantitative estimate of drug-likeness (QED) is 0.0147. The fourth-order valence-electron chi connectivity index (χ4n) is 8.04. The van der Waals surface area contributed by atoms with Crippen molar-refractivity contribution in [2.45, 2.75) is 262 Å². The van der Waals surface area contributed by atoms with Gasteiger partial charge in [0.05, 0.1) is 13.2 Å². The first-order valence-electron chi connectivity index (χ1n) is 27.1. The molecule has 0 spiro atoms. The lowest BCUT2D eigenvalue weighted by Crippen LogP contribution is -2.64. The first-order valence-corrected chi connectivity index (χ1v) is 28.6. The largest absolute Gasteiger partial charge is 0.472 e. The Kier molecular flexibility index (Phi) is 42.3. The third-order valence-corrected chi connectivity index (χ3v) is 13.3. The smallest absolute Gasteiger partial charge is 0.457 e. The van der Waals surface area contributed by atoms with Crippen molar-refractivity contribution in [1.29, 1.82) is 0 Å². The monoisotopic (exact) mass is 983 g/mol. The highest BCUT2D eigenvalue weighted by Crippen LogP contribution is 2.47. The summed E-state index contributed by atoms with van der Waals surface area (Å²) in [7, 11) is -5.03. The van der Waals surface area contributed by atoms with Gasteiger partial charge in [0, 0.05) is 13.0 Å². The van der Waals surface area contributed by atoms with Crippen LogP contribution in [0.4, 0.5) is 0 Å². The van der Waals surface area contributed by atoms with E-state index in [1.807, 2.05) is 0 Å². The van der Waals surface area contributed by atoms with Gasteiger partial charge in [-0.15, -0.1) is 0 Å². The molecule has 0 heterocycles. The topological polar surface area (TPSA) is 192 Å². The lowest BCUT2D eigenvalue weighted by Gasteiger charge is -2.41. The van der Waals surface area contributed by atoms with Crippen LogP contribution in [0.3, 0.4) is 0 Å². The molecular weight excluding hydrogens is 884 g/mol. The number of ether oxygens (including phenoxy) is 2. The summed E-state index contributed by atoms with van der Waals surface area (Å²) < 4.78 is 34.3. The zero-order chi connectivity index (χ0) is 49.8. The Morgan fingerprint density at radius 1 is 0.471 bits per heavy atom. The van der Waals surface area contributed by atoms with Crippen molar-refractivity contribution in [1.82, 2.24) is 0 Å². The number of carbonyl (C=O) groups excluding carboxylic acids is 1. The second kappa shape index (κ2) is 44.9. The van der Waals surface area contributed by atoms with Gasteiger partial charge in [-0.3, -0.25) is 13.8 Å². The number of esters is 1. The van der Waals surface area contributed by atoms with Crippen molar-refractivity contribution < 1.29 is 58.3 Å². The number of phosphoric acid groups is 1. The second-order valence-electron chi connectivity index (χ2n) is 18.7. The molecule has 1 aliphatic rings. The van der Waals surface area contributed by atoms with Gasteiger partial charge >= 0.3 is 13.8 Å². The van der Waals surface area contributed by atoms with E-state index in [2.05, 4.69) is 74.6 Å². The maximum atomic E-state index is 12.9. The van der Waals surface area contributed by atoms with Gasteiger partial charge in [0.15, 0.2) is 0 Å². The van der Waals surface area contributed by atoms with Crippen LogP contribution in [-0.4, -0.2) is 98.9 Å². The summed E-state index contributed by atoms with van der Waals surface area (Å²) in [6.45, 7) is 4.22. The second-order valence-corrected chi connectivity index (χ2v) is 20.1. The molecule has 396 valence electrons. The third-order valence-electron chi connectivity index (χ3n) is 12.4. The van der Waals surface area contributed by atoms with E-state index in [-0.39, 0.29) is 13.0 Å². The Balaban J connectivity index is 2.32. The van der Waals surface area contributed by atoms with Crippen LogP contribution in [0.2, 0.25) is 0 Å². The molecule has 13 heteroatoms. The van der Waals surface area contributed by atoms with Crippen LogP contribution in [-0.2, 0) is 27.9 Å². The number of allylic oxidation sites excluding steroid dienone is 10. The number of phosphoric ester groups is 1. The molecule has 0 aromatic rings. The van der Waals surface area contributed by atoms with Crippen molar-refractivity contribution in [3.63, 3.8) is 0 Å². The number of hydrogen-bond donors (Lipinski definition) is 6. The molecule has 0 amide bonds. The molecular formula is C55H99O12P. The minimum absolute atomic E-state index is 0.0855. The summed E-state index contributed by atoms with van der Waals surface area (Å²) in [6.07, 6.45) is 45.7. The van der Waals surface area contributed by atoms with Crippen molar-refractivity contribution in [2.75, 3.05) is 19.8 Å². The molecule has 6 N–H and O–H groups in total. The first-order chi connectivity index (χ1) is 33.0. The molecule has 1 fully saturated rings. The van der Waals surface area contributed by atoms with E-state index in [4.69, 9.17) is 18.5 Å². The van der Waals surface area contributed by atoms with Crippen molar-refractivity contribution >= 4 is 13.8 Å². The highest BCUT2D eigenvalue weighted by Gasteiger charge is 2.51. The fourth-order valence-corrected chi connectivity index (χ4v) is 9.01. The third kappa shape index (κ3) is 36.0. The van der Waals surface area contributed by atoms with Gasteiger partial charge in [-0.25, -0.2) is 4.57 Å². The minimum Gasteiger partial charge on any atom is -0.457 e. The lowest BCUT2D eigenvalue weighted by molar-refractivity contribution is -0.220. The number of carbonyl (C=O) groups is 1. The lowest BCUT2D eigenvalue weighted by atomic mass is 9.85. The van der Waals surface area contributed by atoms with Crippen molar-refractivity contribution in [3.05, 3.63) is 60.8 Å². The molecule has 1 saturated carbocycles. The van der Waals surface area contributed by atoms with Gasteiger partial charge in [-0.05, 0) is 83.5 Å². The standard InChI is InChI=1S/C55H99O12P/c1-3-5-7-9-11-13-15-17-19-21-22-23-24-25-26-27-29-31-33-35-37-39-41-43-45-64-46-48(47-65-68(62,63)67-55-53(60)51(58)50(57)52(59)54(55)61)66-49(56)44-42-40-38-36-34-32-30-28-20-18-16-14-12-10-8-6-4-2/h12,14-15,17-18,20-22,24-25,48,50-55,57-61H,3-11,13,16,19,23,26-47H2,1-2H3,(H,62,63)/b14-12-,17-15-,20-18-,22-21-,25-24-. The molecule has 6 unspecified atom stereocenters. The molecule has 0 aromatic heterocycles. The van der Waals surface area contributed by atoms with Crippen LogP contribution in [0, 0.1) is 0 Å². The SMILES string of the molecule is CCCCC/C=C\C/C=C\CCCCCCCCCC(=O)OC(COCCCCCCCCCCC/C=C\C/C=C\C/C=C\CCCCCCC)COP(=O)(O)OC1C(O)C(O)C(O)C(O)C1O. The predicted octanol–water partition coefficient (Wildman–Crippen LogP) is 12.5. The maximum Gasteiger partial charge on any atom is 0.472 e. The molecule has 1 rings (SSSR count).